The lowest BCUT2D eigenvalue weighted by Crippen LogP contribution is -2.52. The maximum atomic E-state index is 16.9. The van der Waals surface area contributed by atoms with Crippen LogP contribution in [-0.4, -0.2) is 145 Å². The number of benzene rings is 4. The van der Waals surface area contributed by atoms with Gasteiger partial charge in [0.05, 0.1) is 31.5 Å². The molecule has 3 N–H and O–H groups in total. The monoisotopic (exact) mass is 924 g/mol. The van der Waals surface area contributed by atoms with Gasteiger partial charge in [-0.1, -0.05) is 35.9 Å². The highest BCUT2D eigenvalue weighted by Crippen LogP contribution is 2.42. The lowest BCUT2D eigenvalue weighted by molar-refractivity contribution is -0.137. The summed E-state index contributed by atoms with van der Waals surface area (Å²) in [6, 6.07) is 16.5. The van der Waals surface area contributed by atoms with E-state index in [1.54, 1.807) is 47.2 Å². The van der Waals surface area contributed by atoms with Gasteiger partial charge in [-0.05, 0) is 64.7 Å². The molecule has 5 amide bonds. The third-order valence-corrected chi connectivity index (χ3v) is 12.3. The molecule has 0 saturated carbocycles. The van der Waals surface area contributed by atoms with Crippen LogP contribution in [0, 0.1) is 5.82 Å². The van der Waals surface area contributed by atoms with E-state index >= 15 is 4.39 Å². The van der Waals surface area contributed by atoms with Crippen LogP contribution < -0.4 is 20.3 Å². The molecule has 8 rings (SSSR count). The molecule has 19 heteroatoms. The number of phenols is 1. The number of rotatable bonds is 17. The maximum absolute atomic E-state index is 16.9. The Morgan fingerprint density at radius 3 is 2.47 bits per heavy atom. The van der Waals surface area contributed by atoms with Gasteiger partial charge in [0.2, 0.25) is 29.6 Å². The second kappa shape index (κ2) is 20.3. The first-order chi connectivity index (χ1) is 31.9. The number of likely N-dealkylation sites (N-methyl/N-ethyl adjacent to an activating group) is 1. The predicted molar refractivity (Wildman–Crippen MR) is 244 cm³/mol. The maximum Gasteiger partial charge on any atom is 0.255 e. The van der Waals surface area contributed by atoms with Gasteiger partial charge in [0.15, 0.2) is 5.82 Å². The van der Waals surface area contributed by atoms with Crippen molar-refractivity contribution in [1.82, 2.24) is 30.0 Å². The van der Waals surface area contributed by atoms with Gasteiger partial charge in [0, 0.05) is 89.1 Å². The molecular weight excluding hydrogens is 875 g/mol. The van der Waals surface area contributed by atoms with Crippen molar-refractivity contribution in [2.45, 2.75) is 38.8 Å². The number of halogens is 2. The largest absolute Gasteiger partial charge is 0.508 e. The Labute approximate surface area is 384 Å². The van der Waals surface area contributed by atoms with Gasteiger partial charge < -0.3 is 44.2 Å². The average Bonchev–Trinajstić information content (AvgIpc) is 3.62. The number of anilines is 2. The number of ether oxygens (including phenoxy) is 3. The van der Waals surface area contributed by atoms with Gasteiger partial charge >= 0.3 is 0 Å². The molecule has 2 fully saturated rings. The summed E-state index contributed by atoms with van der Waals surface area (Å²) in [5.74, 6) is -0.828. The number of amides is 5. The first-order valence-electron chi connectivity index (χ1n) is 21.8. The fraction of sp³-hybridized carbons (Fsp3) is 0.383. The van der Waals surface area contributed by atoms with Crippen LogP contribution in [0.3, 0.4) is 0 Å². The van der Waals surface area contributed by atoms with E-state index in [4.69, 9.17) is 30.8 Å². The fourth-order valence-corrected chi connectivity index (χ4v) is 8.75. The smallest absolute Gasteiger partial charge is 0.255 e. The lowest BCUT2D eigenvalue weighted by Gasteiger charge is -2.35. The van der Waals surface area contributed by atoms with Crippen LogP contribution in [0.4, 0.5) is 16.2 Å². The number of nitrogens with one attached hydrogen (secondary N) is 2. The highest BCUT2D eigenvalue weighted by atomic mass is 35.5. The number of aromatic nitrogens is 2. The summed E-state index contributed by atoms with van der Waals surface area (Å²) in [6.45, 7) is 5.55. The van der Waals surface area contributed by atoms with E-state index in [2.05, 4.69) is 15.6 Å². The standard InChI is InChI=1S/C47H50ClFN8O9/c1-28(58)55-13-15-56(16-14-55)44-36-26-37(48)41(35-25-31(59)23-29-5-3-4-6-33(29)35)42(49)43(36)52-47(53-44)50-12-11-40(61)54(2)17-18-64-19-20-65-21-22-66-32-7-8-34-30(24-32)27-57(46(34)63)38-9-10-39(60)51-45(38)62/h3-8,23-26,38,59H,9-22,27H2,1-2H3,(H,50,52,53)(H,51,60,62). The molecule has 66 heavy (non-hydrogen) atoms. The molecule has 1 unspecified atom stereocenters. The topological polar surface area (TPSA) is 196 Å². The van der Waals surface area contributed by atoms with Crippen LogP contribution in [0.25, 0.3) is 32.8 Å². The minimum absolute atomic E-state index is 0.0137. The van der Waals surface area contributed by atoms with Gasteiger partial charge in [-0.2, -0.15) is 4.98 Å². The van der Waals surface area contributed by atoms with Crippen molar-refractivity contribution in [2.75, 3.05) is 89.6 Å². The van der Waals surface area contributed by atoms with Crippen molar-refractivity contribution < 1.29 is 47.7 Å². The predicted octanol–water partition coefficient (Wildman–Crippen LogP) is 4.75. The number of aromatic hydroxyl groups is 1. The van der Waals surface area contributed by atoms with Crippen molar-refractivity contribution in [2.24, 2.45) is 0 Å². The summed E-state index contributed by atoms with van der Waals surface area (Å²) in [5.41, 5.74) is 1.77. The molecule has 0 radical (unpaired) electrons. The second-order valence-corrected chi connectivity index (χ2v) is 16.7. The number of piperidine rings is 1. The molecule has 346 valence electrons. The van der Waals surface area contributed by atoms with Crippen LogP contribution in [0.5, 0.6) is 11.5 Å². The van der Waals surface area contributed by atoms with Crippen molar-refractivity contribution in [1.29, 1.82) is 0 Å². The third kappa shape index (κ3) is 10.1. The molecule has 3 aliphatic rings. The molecule has 4 heterocycles. The number of carbonyl (C=O) groups excluding carboxylic acids is 5. The quantitative estimate of drug-likeness (QED) is 0.0855. The number of hydrogen-bond acceptors (Lipinski definition) is 13. The number of carbonyl (C=O) groups is 5. The highest BCUT2D eigenvalue weighted by Gasteiger charge is 2.39. The first kappa shape index (κ1) is 45.9. The zero-order valence-electron chi connectivity index (χ0n) is 36.6. The fourth-order valence-electron chi connectivity index (χ4n) is 8.46. The van der Waals surface area contributed by atoms with Crippen molar-refractivity contribution in [3.63, 3.8) is 0 Å². The molecule has 4 aromatic carbocycles. The van der Waals surface area contributed by atoms with Crippen LogP contribution in [0.1, 0.15) is 42.1 Å². The summed E-state index contributed by atoms with van der Waals surface area (Å²) in [7, 11) is 1.68. The van der Waals surface area contributed by atoms with Crippen LogP contribution in [0.15, 0.2) is 60.7 Å². The van der Waals surface area contributed by atoms with Gasteiger partial charge in [-0.25, -0.2) is 9.37 Å². The Morgan fingerprint density at radius 2 is 1.70 bits per heavy atom. The second-order valence-electron chi connectivity index (χ2n) is 16.3. The van der Waals surface area contributed by atoms with Gasteiger partial charge in [-0.15, -0.1) is 0 Å². The van der Waals surface area contributed by atoms with E-state index in [0.29, 0.717) is 97.8 Å². The van der Waals surface area contributed by atoms with E-state index in [0.717, 1.165) is 5.56 Å². The van der Waals surface area contributed by atoms with Crippen molar-refractivity contribution in [3.8, 4) is 22.6 Å². The van der Waals surface area contributed by atoms with Crippen LogP contribution in [0.2, 0.25) is 5.02 Å². The normalized spacial score (nSPS) is 16.2. The molecule has 3 aliphatic heterocycles. The molecule has 0 spiro atoms. The summed E-state index contributed by atoms with van der Waals surface area (Å²) in [6.07, 6.45) is 0.580. The van der Waals surface area contributed by atoms with Crippen molar-refractivity contribution >= 4 is 74.6 Å². The van der Waals surface area contributed by atoms with E-state index in [1.807, 2.05) is 29.2 Å². The zero-order chi connectivity index (χ0) is 46.5. The van der Waals surface area contributed by atoms with E-state index in [-0.39, 0.29) is 90.6 Å². The van der Waals surface area contributed by atoms with Gasteiger partial charge in [0.25, 0.3) is 5.91 Å². The van der Waals surface area contributed by atoms with E-state index in [1.165, 1.54) is 17.9 Å². The number of piperazine rings is 1. The molecule has 1 aromatic heterocycles. The Balaban J connectivity index is 0.804. The first-order valence-corrected chi connectivity index (χ1v) is 22.2. The lowest BCUT2D eigenvalue weighted by atomic mass is 9.96. The van der Waals surface area contributed by atoms with E-state index in [9.17, 15) is 29.1 Å². The number of fused-ring (bicyclic) bond motifs is 3. The molecule has 17 nitrogen and oxygen atoms in total. The van der Waals surface area contributed by atoms with Crippen LogP contribution >= 0.6 is 11.6 Å². The Hall–Kier alpha value is -6.63. The number of phenolic OH excluding ortho intramolecular Hbond substituents is 1. The van der Waals surface area contributed by atoms with Gasteiger partial charge in [-0.3, -0.25) is 29.3 Å². The SMILES string of the molecule is CC(=O)N1CCN(c2nc(NCCC(=O)N(C)CCOCCOCCOc3ccc4c(c3)CN(C3CCC(=O)NC3=O)C4=O)nc3c(F)c(-c4cc(O)cc5ccccc45)c(Cl)cc23)CC1. The average molecular weight is 925 g/mol. The third-order valence-electron chi connectivity index (χ3n) is 12.0. The molecule has 2 saturated heterocycles. The molecular formula is C47H50ClFN8O9. The number of nitrogens with zero attached hydrogens (tertiary/aromatic N) is 6. The molecule has 1 atom stereocenters. The minimum atomic E-state index is -0.686. The molecule has 5 aromatic rings. The summed E-state index contributed by atoms with van der Waals surface area (Å²) < 4.78 is 34.0. The minimum Gasteiger partial charge on any atom is -0.508 e. The Kier molecular flexibility index (Phi) is 14.1. The number of imide groups is 1. The Bertz CT molecular complexity index is 2700. The van der Waals surface area contributed by atoms with E-state index < -0.39 is 17.8 Å². The van der Waals surface area contributed by atoms with Crippen LogP contribution in [-0.2, 0) is 35.2 Å². The Morgan fingerprint density at radius 1 is 0.939 bits per heavy atom. The molecule has 0 aliphatic carbocycles. The summed E-state index contributed by atoms with van der Waals surface area (Å²) in [4.78, 5) is 78.1. The molecule has 0 bridgehead atoms. The zero-order valence-corrected chi connectivity index (χ0v) is 37.4. The van der Waals surface area contributed by atoms with Gasteiger partial charge in [0.1, 0.15) is 35.5 Å². The summed E-state index contributed by atoms with van der Waals surface area (Å²) >= 11 is 6.85. The highest BCUT2D eigenvalue weighted by molar-refractivity contribution is 6.35. The number of hydrogen-bond donors (Lipinski definition) is 3. The summed E-state index contributed by atoms with van der Waals surface area (Å²) in [5, 5.41) is 17.9. The van der Waals surface area contributed by atoms with Crippen molar-refractivity contribution in [3.05, 3.63) is 82.6 Å².